The lowest BCUT2D eigenvalue weighted by molar-refractivity contribution is -0.145. The van der Waals surface area contributed by atoms with E-state index in [0.717, 1.165) is 15.6 Å². The zero-order chi connectivity index (χ0) is 23.7. The number of carbonyl (C=O) groups excluding carboxylic acids is 3. The Hall–Kier alpha value is -2.58. The summed E-state index contributed by atoms with van der Waals surface area (Å²) in [7, 11) is 1.24. The molecule has 2 N–H and O–H groups in total. The average Bonchev–Trinajstić information content (AvgIpc) is 2.77. The van der Waals surface area contributed by atoms with Crippen LogP contribution in [-0.2, 0) is 32.1 Å². The fraction of sp³-hybridized carbons (Fsp3) is 0.348. The predicted molar refractivity (Wildman–Crippen MR) is 125 cm³/mol. The Kier molecular flexibility index (Phi) is 9.99. The topological polar surface area (TPSA) is 93.7 Å². The third-order valence-corrected chi connectivity index (χ3v) is 5.68. The van der Waals surface area contributed by atoms with Crippen molar-refractivity contribution >= 4 is 45.5 Å². The van der Waals surface area contributed by atoms with E-state index in [0.29, 0.717) is 5.02 Å². The van der Waals surface area contributed by atoms with Gasteiger partial charge in [-0.3, -0.25) is 4.79 Å². The quantitative estimate of drug-likeness (QED) is 0.477. The van der Waals surface area contributed by atoms with Crippen LogP contribution in [0.3, 0.4) is 0 Å². The molecule has 0 aliphatic rings. The number of benzene rings is 2. The number of ether oxygens (including phenoxy) is 2. The molecule has 0 bridgehead atoms. The number of hydrogen-bond donors (Lipinski definition) is 2. The summed E-state index contributed by atoms with van der Waals surface area (Å²) in [5.74, 6) is -1.39. The van der Waals surface area contributed by atoms with Crippen LogP contribution in [0.15, 0.2) is 53.0 Å². The second-order valence-electron chi connectivity index (χ2n) is 7.45. The van der Waals surface area contributed by atoms with Crippen LogP contribution in [0, 0.1) is 5.92 Å². The number of carbonyl (C=O) groups is 3. The predicted octanol–water partition coefficient (Wildman–Crippen LogP) is 4.25. The first-order valence-electron chi connectivity index (χ1n) is 10.0. The van der Waals surface area contributed by atoms with Crippen molar-refractivity contribution in [3.8, 4) is 0 Å². The first kappa shape index (κ1) is 25.7. The zero-order valence-corrected chi connectivity index (χ0v) is 20.4. The van der Waals surface area contributed by atoms with Crippen molar-refractivity contribution in [3.05, 3.63) is 69.2 Å². The Labute approximate surface area is 200 Å². The maximum absolute atomic E-state index is 12.9. The van der Waals surface area contributed by atoms with E-state index in [9.17, 15) is 14.4 Å². The van der Waals surface area contributed by atoms with Crippen LogP contribution in [0.4, 0.5) is 4.79 Å². The average molecular weight is 526 g/mol. The van der Waals surface area contributed by atoms with E-state index in [1.165, 1.54) is 7.11 Å². The van der Waals surface area contributed by atoms with E-state index in [2.05, 4.69) is 26.6 Å². The second kappa shape index (κ2) is 12.5. The molecule has 0 unspecified atom stereocenters. The monoisotopic (exact) mass is 524 g/mol. The maximum atomic E-state index is 12.9. The minimum atomic E-state index is -0.967. The lowest BCUT2D eigenvalue weighted by Gasteiger charge is -2.24. The Morgan fingerprint density at radius 2 is 1.75 bits per heavy atom. The Balaban J connectivity index is 2.06. The van der Waals surface area contributed by atoms with E-state index in [1.54, 1.807) is 32.0 Å². The Morgan fingerprint density at radius 1 is 1.06 bits per heavy atom. The van der Waals surface area contributed by atoms with Crippen molar-refractivity contribution in [2.45, 2.75) is 39.0 Å². The molecule has 2 rings (SSSR count). The minimum Gasteiger partial charge on any atom is -0.467 e. The Morgan fingerprint density at radius 3 is 2.38 bits per heavy atom. The molecule has 0 fully saturated rings. The van der Waals surface area contributed by atoms with Gasteiger partial charge >= 0.3 is 12.1 Å². The fourth-order valence-corrected chi connectivity index (χ4v) is 3.55. The van der Waals surface area contributed by atoms with Crippen LogP contribution in [-0.4, -0.2) is 37.2 Å². The summed E-state index contributed by atoms with van der Waals surface area (Å²) in [6.07, 6.45) is -0.571. The van der Waals surface area contributed by atoms with E-state index in [-0.39, 0.29) is 18.9 Å². The zero-order valence-electron chi connectivity index (χ0n) is 18.1. The largest absolute Gasteiger partial charge is 0.467 e. The second-order valence-corrected chi connectivity index (χ2v) is 8.74. The van der Waals surface area contributed by atoms with E-state index in [1.807, 2.05) is 30.3 Å². The minimum absolute atomic E-state index is 0.0761. The molecule has 9 heteroatoms. The highest BCUT2D eigenvalue weighted by Crippen LogP contribution is 2.23. The van der Waals surface area contributed by atoms with Crippen molar-refractivity contribution in [1.82, 2.24) is 10.6 Å². The molecule has 2 atom stereocenters. The number of esters is 1. The summed E-state index contributed by atoms with van der Waals surface area (Å²) >= 11 is 9.48. The van der Waals surface area contributed by atoms with Crippen LogP contribution in [0.2, 0.25) is 5.02 Å². The van der Waals surface area contributed by atoms with Gasteiger partial charge < -0.3 is 20.1 Å². The normalized spacial score (nSPS) is 12.6. The molecule has 0 aliphatic heterocycles. The molecule has 172 valence electrons. The van der Waals surface area contributed by atoms with Gasteiger partial charge in [-0.05, 0) is 35.2 Å². The molecule has 0 aromatic heterocycles. The summed E-state index contributed by atoms with van der Waals surface area (Å²) in [6, 6.07) is 12.5. The number of alkyl carbamates (subject to hydrolysis) is 1. The molecule has 2 aromatic carbocycles. The van der Waals surface area contributed by atoms with Gasteiger partial charge in [0.05, 0.1) is 7.11 Å². The third kappa shape index (κ3) is 7.84. The van der Waals surface area contributed by atoms with Gasteiger partial charge in [0.25, 0.3) is 0 Å². The van der Waals surface area contributed by atoms with Crippen molar-refractivity contribution in [3.63, 3.8) is 0 Å². The van der Waals surface area contributed by atoms with Crippen LogP contribution in [0.25, 0.3) is 0 Å². The molecular formula is C23H26BrClN2O5. The molecule has 0 spiro atoms. The van der Waals surface area contributed by atoms with Gasteiger partial charge in [0, 0.05) is 15.9 Å². The van der Waals surface area contributed by atoms with Gasteiger partial charge in [-0.2, -0.15) is 0 Å². The van der Waals surface area contributed by atoms with Crippen molar-refractivity contribution in [2.24, 2.45) is 5.92 Å². The molecule has 2 amide bonds. The summed E-state index contributed by atoms with van der Waals surface area (Å²) in [5.41, 5.74) is 1.55. The number of halogens is 2. The maximum Gasteiger partial charge on any atom is 0.408 e. The number of rotatable bonds is 9. The first-order chi connectivity index (χ1) is 15.2. The lowest BCUT2D eigenvalue weighted by atomic mass is 10.0. The van der Waals surface area contributed by atoms with Crippen molar-refractivity contribution in [2.75, 3.05) is 7.11 Å². The van der Waals surface area contributed by atoms with Gasteiger partial charge in [0.2, 0.25) is 5.91 Å². The van der Waals surface area contributed by atoms with E-state index in [4.69, 9.17) is 21.1 Å². The SMILES string of the molecule is COC(=O)[C@@H](Cc1cc(Cl)ccc1Br)NC(=O)[C@H](NC(=O)OCc1ccccc1)C(C)C. The summed E-state index contributed by atoms with van der Waals surface area (Å²) < 4.78 is 10.8. The van der Waals surface area contributed by atoms with Gasteiger partial charge in [-0.25, -0.2) is 9.59 Å². The van der Waals surface area contributed by atoms with Gasteiger partial charge in [0.15, 0.2) is 0 Å². The van der Waals surface area contributed by atoms with Gasteiger partial charge in [0.1, 0.15) is 18.7 Å². The molecule has 0 saturated carbocycles. The molecule has 0 aliphatic carbocycles. The highest BCUT2D eigenvalue weighted by Gasteiger charge is 2.30. The van der Waals surface area contributed by atoms with Crippen molar-refractivity contribution < 1.29 is 23.9 Å². The van der Waals surface area contributed by atoms with Gasteiger partial charge in [-0.1, -0.05) is 71.7 Å². The van der Waals surface area contributed by atoms with Crippen LogP contribution < -0.4 is 10.6 Å². The summed E-state index contributed by atoms with van der Waals surface area (Å²) in [5, 5.41) is 5.75. The van der Waals surface area contributed by atoms with E-state index >= 15 is 0 Å². The molecule has 7 nitrogen and oxygen atoms in total. The molecule has 0 saturated heterocycles. The van der Waals surface area contributed by atoms with Crippen LogP contribution >= 0.6 is 27.5 Å². The molecular weight excluding hydrogens is 500 g/mol. The third-order valence-electron chi connectivity index (χ3n) is 4.67. The highest BCUT2D eigenvalue weighted by atomic mass is 79.9. The Bertz CT molecular complexity index is 939. The number of nitrogens with one attached hydrogen (secondary N) is 2. The summed E-state index contributed by atoms with van der Waals surface area (Å²) in [4.78, 5) is 37.5. The molecule has 0 radical (unpaired) electrons. The number of methoxy groups -OCH3 is 1. The van der Waals surface area contributed by atoms with Crippen molar-refractivity contribution in [1.29, 1.82) is 0 Å². The smallest absolute Gasteiger partial charge is 0.408 e. The van der Waals surface area contributed by atoms with E-state index < -0.39 is 30.1 Å². The van der Waals surface area contributed by atoms with Gasteiger partial charge in [-0.15, -0.1) is 0 Å². The van der Waals surface area contributed by atoms with Crippen LogP contribution in [0.1, 0.15) is 25.0 Å². The highest BCUT2D eigenvalue weighted by molar-refractivity contribution is 9.10. The molecule has 2 aromatic rings. The standard InChI is InChI=1S/C23H26BrClN2O5/c1-14(2)20(27-23(30)32-13-15-7-5-4-6-8-15)21(28)26-19(22(29)31-3)12-16-11-17(25)9-10-18(16)24/h4-11,14,19-20H,12-13H2,1-3H3,(H,26,28)(H,27,30)/t19-,20-/m1/s1. The fourth-order valence-electron chi connectivity index (χ4n) is 2.94. The summed E-state index contributed by atoms with van der Waals surface area (Å²) in [6.45, 7) is 3.64. The van der Waals surface area contributed by atoms with Crippen LogP contribution in [0.5, 0.6) is 0 Å². The molecule has 0 heterocycles. The lowest BCUT2D eigenvalue weighted by Crippen LogP contribution is -2.54. The number of amides is 2. The number of hydrogen-bond acceptors (Lipinski definition) is 5. The first-order valence-corrected chi connectivity index (χ1v) is 11.2. The molecule has 32 heavy (non-hydrogen) atoms.